The van der Waals surface area contributed by atoms with Crippen LogP contribution in [0.15, 0.2) is 107 Å². The topological polar surface area (TPSA) is 62.7 Å². The lowest BCUT2D eigenvalue weighted by Gasteiger charge is -2.41. The van der Waals surface area contributed by atoms with Crippen LogP contribution in [0.25, 0.3) is 0 Å². The van der Waals surface area contributed by atoms with Crippen LogP contribution in [0.2, 0.25) is 23.3 Å². The van der Waals surface area contributed by atoms with Crippen molar-refractivity contribution in [3.05, 3.63) is 124 Å². The predicted molar refractivity (Wildman–Crippen MR) is 192 cm³/mol. The van der Waals surface area contributed by atoms with E-state index in [9.17, 15) is 8.42 Å². The highest BCUT2D eigenvalue weighted by Crippen LogP contribution is 2.37. The number of nitrogens with zero attached hydrogens (tertiary/aromatic N) is 3. The Morgan fingerprint density at radius 1 is 0.911 bits per heavy atom. The normalized spacial score (nSPS) is 13.2. The molecule has 240 valence electrons. The van der Waals surface area contributed by atoms with Crippen molar-refractivity contribution in [1.29, 1.82) is 0 Å². The van der Waals surface area contributed by atoms with Crippen molar-refractivity contribution < 1.29 is 12.8 Å². The molecular formula is C35H43BrClN3O3SSi. The maximum Gasteiger partial charge on any atom is 0.264 e. The molecule has 0 radical (unpaired) electrons. The highest BCUT2D eigenvalue weighted by molar-refractivity contribution is 9.10. The van der Waals surface area contributed by atoms with Gasteiger partial charge in [-0.2, -0.15) is 0 Å². The lowest BCUT2D eigenvalue weighted by molar-refractivity contribution is 0.119. The van der Waals surface area contributed by atoms with Crippen LogP contribution >= 0.6 is 27.5 Å². The molecule has 0 bridgehead atoms. The fourth-order valence-corrected chi connectivity index (χ4v) is 7.97. The van der Waals surface area contributed by atoms with Crippen LogP contribution in [0.3, 0.4) is 0 Å². The summed E-state index contributed by atoms with van der Waals surface area (Å²) in [6, 6.07) is 28.8. The number of rotatable bonds is 13. The third-order valence-corrected chi connectivity index (χ3v) is 15.4. The summed E-state index contributed by atoms with van der Waals surface area (Å²) in [5.74, 6) is 0. The Bertz CT molecular complexity index is 1630. The number of aryl methyl sites for hydroxylation is 1. The summed E-state index contributed by atoms with van der Waals surface area (Å²) in [5, 5.41) is 0.0858. The van der Waals surface area contributed by atoms with Gasteiger partial charge in [-0.05, 0) is 75.9 Å². The van der Waals surface area contributed by atoms with E-state index in [1.807, 2.05) is 49.4 Å². The molecule has 0 saturated carbocycles. The van der Waals surface area contributed by atoms with E-state index in [2.05, 4.69) is 83.9 Å². The minimum atomic E-state index is -4.06. The zero-order valence-electron chi connectivity index (χ0n) is 26.9. The first-order valence-electron chi connectivity index (χ1n) is 15.0. The Morgan fingerprint density at radius 3 is 2.02 bits per heavy atom. The molecule has 1 unspecified atom stereocenters. The minimum Gasteiger partial charge on any atom is -0.415 e. The summed E-state index contributed by atoms with van der Waals surface area (Å²) in [5.41, 5.74) is 3.41. The Labute approximate surface area is 283 Å². The zero-order chi connectivity index (χ0) is 32.8. The van der Waals surface area contributed by atoms with E-state index in [0.717, 1.165) is 16.7 Å². The highest BCUT2D eigenvalue weighted by atomic mass is 79.9. The van der Waals surface area contributed by atoms with Gasteiger partial charge < -0.3 is 4.43 Å². The number of benzene rings is 3. The number of hydrogen-bond donors (Lipinski definition) is 0. The number of pyridine rings is 1. The van der Waals surface area contributed by atoms with E-state index in [1.165, 1.54) is 4.31 Å². The smallest absolute Gasteiger partial charge is 0.264 e. The molecule has 1 atom stereocenters. The minimum absolute atomic E-state index is 0.0217. The molecule has 0 aliphatic rings. The van der Waals surface area contributed by atoms with Crippen LogP contribution in [0.5, 0.6) is 0 Å². The second-order valence-corrected chi connectivity index (χ2v) is 20.9. The Kier molecular flexibility index (Phi) is 11.7. The van der Waals surface area contributed by atoms with Crippen LogP contribution in [0.1, 0.15) is 37.5 Å². The molecule has 1 heterocycles. The summed E-state index contributed by atoms with van der Waals surface area (Å²) in [6.07, 6.45) is 1.57. The Balaban J connectivity index is 1.86. The lowest BCUT2D eigenvalue weighted by atomic mass is 10.1. The van der Waals surface area contributed by atoms with Crippen LogP contribution in [0, 0.1) is 6.92 Å². The van der Waals surface area contributed by atoms with Gasteiger partial charge in [0, 0.05) is 23.8 Å². The van der Waals surface area contributed by atoms with Gasteiger partial charge >= 0.3 is 0 Å². The number of anilines is 1. The molecule has 0 fully saturated rings. The molecule has 4 aromatic rings. The maximum absolute atomic E-state index is 14.6. The summed E-state index contributed by atoms with van der Waals surface area (Å²) in [7, 11) is -6.26. The van der Waals surface area contributed by atoms with Gasteiger partial charge in [-0.25, -0.2) is 13.4 Å². The molecule has 45 heavy (non-hydrogen) atoms. The van der Waals surface area contributed by atoms with Crippen molar-refractivity contribution in [2.24, 2.45) is 0 Å². The molecule has 10 heteroatoms. The van der Waals surface area contributed by atoms with Crippen LogP contribution in [-0.4, -0.2) is 45.8 Å². The first kappa shape index (κ1) is 35.3. The molecule has 0 aliphatic carbocycles. The number of hydrogen-bond acceptors (Lipinski definition) is 5. The van der Waals surface area contributed by atoms with E-state index in [0.29, 0.717) is 29.9 Å². The summed E-state index contributed by atoms with van der Waals surface area (Å²) in [4.78, 5) is 6.81. The van der Waals surface area contributed by atoms with Gasteiger partial charge in [-0.15, -0.1) is 0 Å². The molecule has 0 aliphatic heterocycles. The van der Waals surface area contributed by atoms with Gasteiger partial charge in [0.15, 0.2) is 13.5 Å². The summed E-state index contributed by atoms with van der Waals surface area (Å²) in [6.45, 7) is 14.6. The van der Waals surface area contributed by atoms with Crippen LogP contribution in [-0.2, 0) is 27.5 Å². The largest absolute Gasteiger partial charge is 0.415 e. The number of halogens is 2. The standard InChI is InChI=1S/C35H43BrClN3O3SSi/c1-27-14-13-19-32(20-27)44(41,42)40(33-21-30(36)22-38-34(33)37)25-31(26-43-45(5,6)35(2,3)4)39(23-28-15-9-7-10-16-28)24-29-17-11-8-12-18-29/h7-22,31H,23-26H2,1-6H3. The van der Waals surface area contributed by atoms with Gasteiger partial charge in [0.2, 0.25) is 0 Å². The number of sulfonamides is 1. The predicted octanol–water partition coefficient (Wildman–Crippen LogP) is 9.09. The molecule has 3 aromatic carbocycles. The Hall–Kier alpha value is -2.53. The lowest BCUT2D eigenvalue weighted by Crippen LogP contribution is -2.51. The second-order valence-electron chi connectivity index (χ2n) is 12.9. The van der Waals surface area contributed by atoms with E-state index in [1.54, 1.807) is 30.5 Å². The van der Waals surface area contributed by atoms with Gasteiger partial charge in [0.25, 0.3) is 10.0 Å². The maximum atomic E-state index is 14.6. The quantitative estimate of drug-likeness (QED) is 0.102. The molecule has 0 N–H and O–H groups in total. The molecule has 1 aromatic heterocycles. The van der Waals surface area contributed by atoms with Gasteiger partial charge in [0.1, 0.15) is 0 Å². The third-order valence-electron chi connectivity index (χ3n) is 8.43. The highest BCUT2D eigenvalue weighted by Gasteiger charge is 2.39. The molecule has 0 saturated heterocycles. The summed E-state index contributed by atoms with van der Waals surface area (Å²) >= 11 is 10.2. The van der Waals surface area contributed by atoms with Crippen molar-refractivity contribution >= 4 is 51.6 Å². The van der Waals surface area contributed by atoms with Crippen LogP contribution < -0.4 is 4.31 Å². The van der Waals surface area contributed by atoms with E-state index in [4.69, 9.17) is 16.0 Å². The monoisotopic (exact) mass is 727 g/mol. The number of aromatic nitrogens is 1. The van der Waals surface area contributed by atoms with Crippen molar-refractivity contribution in [2.75, 3.05) is 17.5 Å². The summed E-state index contributed by atoms with van der Waals surface area (Å²) < 4.78 is 38.0. The van der Waals surface area contributed by atoms with Crippen molar-refractivity contribution in [2.45, 2.75) is 69.9 Å². The van der Waals surface area contributed by atoms with E-state index >= 15 is 0 Å². The molecule has 6 nitrogen and oxygen atoms in total. The van der Waals surface area contributed by atoms with Gasteiger partial charge in [-0.1, -0.05) is 105 Å². The Morgan fingerprint density at radius 2 is 1.49 bits per heavy atom. The zero-order valence-corrected chi connectivity index (χ0v) is 31.0. The van der Waals surface area contributed by atoms with Crippen LogP contribution in [0.4, 0.5) is 5.69 Å². The van der Waals surface area contributed by atoms with Crippen molar-refractivity contribution in [3.63, 3.8) is 0 Å². The average molecular weight is 729 g/mol. The van der Waals surface area contributed by atoms with Gasteiger partial charge in [-0.3, -0.25) is 9.21 Å². The fraction of sp³-hybridized carbons (Fsp3) is 0.343. The molecular weight excluding hydrogens is 686 g/mol. The SMILES string of the molecule is Cc1cccc(S(=O)(=O)N(CC(CO[Si](C)(C)C(C)(C)C)N(Cc2ccccc2)Cc2ccccc2)c2cc(Br)cnc2Cl)c1. The third kappa shape index (κ3) is 9.27. The van der Waals surface area contributed by atoms with Gasteiger partial charge in [0.05, 0.1) is 29.8 Å². The molecule has 0 spiro atoms. The first-order valence-corrected chi connectivity index (χ1v) is 20.6. The average Bonchev–Trinajstić information content (AvgIpc) is 2.99. The molecule has 0 amide bonds. The fourth-order valence-electron chi connectivity index (χ4n) is 4.75. The van der Waals surface area contributed by atoms with Crippen molar-refractivity contribution in [3.8, 4) is 0 Å². The van der Waals surface area contributed by atoms with Crippen molar-refractivity contribution in [1.82, 2.24) is 9.88 Å². The van der Waals surface area contributed by atoms with E-state index < -0.39 is 18.3 Å². The first-order chi connectivity index (χ1) is 21.2. The van der Waals surface area contributed by atoms with E-state index in [-0.39, 0.29) is 27.7 Å². The molecule has 4 rings (SSSR count). The second kappa shape index (κ2) is 14.9.